The molecular weight excluding hydrogens is 166 g/mol. The van der Waals surface area contributed by atoms with E-state index in [1.165, 1.54) is 6.08 Å². The number of rotatable bonds is 0. The van der Waals surface area contributed by atoms with Gasteiger partial charge in [-0.25, -0.2) is 4.99 Å². The third-order valence-corrected chi connectivity index (χ3v) is 2.50. The molecular formula is C10H11NO2. The highest BCUT2D eigenvalue weighted by Gasteiger charge is 2.32. The summed E-state index contributed by atoms with van der Waals surface area (Å²) in [4.78, 5) is 26.3. The molecule has 3 heteroatoms. The molecule has 2 atom stereocenters. The maximum absolute atomic E-state index is 11.5. The SMILES string of the molecule is CC1CC(=O)C2C=CC(=O)N=C2C1. The van der Waals surface area contributed by atoms with Gasteiger partial charge in [-0.05, 0) is 12.3 Å². The first-order chi connectivity index (χ1) is 6.16. The van der Waals surface area contributed by atoms with Crippen LogP contribution in [0.2, 0.25) is 0 Å². The largest absolute Gasteiger partial charge is 0.299 e. The molecule has 0 saturated heterocycles. The Morgan fingerprint density at radius 1 is 1.38 bits per heavy atom. The fourth-order valence-electron chi connectivity index (χ4n) is 1.90. The first-order valence-electron chi connectivity index (χ1n) is 4.49. The van der Waals surface area contributed by atoms with Crippen molar-refractivity contribution >= 4 is 17.4 Å². The Labute approximate surface area is 76.5 Å². The second-order valence-corrected chi connectivity index (χ2v) is 3.76. The number of amides is 1. The zero-order chi connectivity index (χ0) is 9.42. The van der Waals surface area contributed by atoms with Crippen LogP contribution < -0.4 is 0 Å². The van der Waals surface area contributed by atoms with Crippen LogP contribution in [0.5, 0.6) is 0 Å². The zero-order valence-corrected chi connectivity index (χ0v) is 7.49. The van der Waals surface area contributed by atoms with Crippen molar-refractivity contribution in [1.82, 2.24) is 0 Å². The highest BCUT2D eigenvalue weighted by molar-refractivity contribution is 6.15. The molecule has 2 rings (SSSR count). The minimum atomic E-state index is -0.229. The highest BCUT2D eigenvalue weighted by atomic mass is 16.1. The van der Waals surface area contributed by atoms with E-state index in [2.05, 4.69) is 4.99 Å². The van der Waals surface area contributed by atoms with Gasteiger partial charge in [-0.2, -0.15) is 0 Å². The first kappa shape index (κ1) is 8.35. The van der Waals surface area contributed by atoms with Crippen LogP contribution in [0.3, 0.4) is 0 Å². The van der Waals surface area contributed by atoms with E-state index in [1.807, 2.05) is 6.92 Å². The van der Waals surface area contributed by atoms with Gasteiger partial charge in [0.2, 0.25) is 0 Å². The van der Waals surface area contributed by atoms with Crippen LogP contribution in [0.1, 0.15) is 19.8 Å². The number of carbonyl (C=O) groups is 2. The Morgan fingerprint density at radius 2 is 2.15 bits per heavy atom. The summed E-state index contributed by atoms with van der Waals surface area (Å²) in [6.07, 6.45) is 4.47. The number of dihydropyridines is 1. The maximum Gasteiger partial charge on any atom is 0.269 e. The summed E-state index contributed by atoms with van der Waals surface area (Å²) in [5.74, 6) is 0.102. The average Bonchev–Trinajstić information content (AvgIpc) is 2.02. The lowest BCUT2D eigenvalue weighted by Crippen LogP contribution is -2.33. The van der Waals surface area contributed by atoms with Crippen LogP contribution in [0.25, 0.3) is 0 Å². The molecule has 0 bridgehead atoms. The van der Waals surface area contributed by atoms with Gasteiger partial charge in [-0.3, -0.25) is 9.59 Å². The number of nitrogens with zero attached hydrogens (tertiary/aromatic N) is 1. The molecule has 1 heterocycles. The second-order valence-electron chi connectivity index (χ2n) is 3.76. The summed E-state index contributed by atoms with van der Waals surface area (Å²) >= 11 is 0. The molecule has 2 aliphatic rings. The molecule has 0 aromatic carbocycles. The van der Waals surface area contributed by atoms with Crippen molar-refractivity contribution < 1.29 is 9.59 Å². The third-order valence-electron chi connectivity index (χ3n) is 2.50. The lowest BCUT2D eigenvalue weighted by atomic mass is 9.79. The molecule has 3 nitrogen and oxygen atoms in total. The van der Waals surface area contributed by atoms with Gasteiger partial charge in [0.05, 0.1) is 5.92 Å². The molecule has 1 saturated carbocycles. The van der Waals surface area contributed by atoms with Crippen molar-refractivity contribution in [3.05, 3.63) is 12.2 Å². The predicted octanol–water partition coefficient (Wildman–Crippen LogP) is 1.14. The van der Waals surface area contributed by atoms with E-state index >= 15 is 0 Å². The average molecular weight is 177 g/mol. The molecule has 0 aromatic rings. The van der Waals surface area contributed by atoms with E-state index in [9.17, 15) is 9.59 Å². The molecule has 1 fully saturated rings. The summed E-state index contributed by atoms with van der Waals surface area (Å²) in [6.45, 7) is 2.01. The van der Waals surface area contributed by atoms with Gasteiger partial charge >= 0.3 is 0 Å². The van der Waals surface area contributed by atoms with Crippen LogP contribution in [0.4, 0.5) is 0 Å². The summed E-state index contributed by atoms with van der Waals surface area (Å²) in [7, 11) is 0. The van der Waals surface area contributed by atoms with Crippen molar-refractivity contribution in [3.63, 3.8) is 0 Å². The predicted molar refractivity (Wildman–Crippen MR) is 48.5 cm³/mol. The number of fused-ring (bicyclic) bond motifs is 1. The summed E-state index contributed by atoms with van der Waals surface area (Å²) < 4.78 is 0. The highest BCUT2D eigenvalue weighted by Crippen LogP contribution is 2.26. The van der Waals surface area contributed by atoms with Crippen molar-refractivity contribution in [2.45, 2.75) is 19.8 Å². The molecule has 0 N–H and O–H groups in total. The van der Waals surface area contributed by atoms with Gasteiger partial charge < -0.3 is 0 Å². The van der Waals surface area contributed by atoms with Gasteiger partial charge in [0.25, 0.3) is 5.91 Å². The molecule has 1 aliphatic carbocycles. The zero-order valence-electron chi connectivity index (χ0n) is 7.49. The summed E-state index contributed by atoms with van der Waals surface area (Å²) in [6, 6.07) is 0. The number of hydrogen-bond acceptors (Lipinski definition) is 2. The van der Waals surface area contributed by atoms with Crippen LogP contribution in [-0.4, -0.2) is 17.4 Å². The molecule has 68 valence electrons. The van der Waals surface area contributed by atoms with E-state index in [1.54, 1.807) is 6.08 Å². The van der Waals surface area contributed by atoms with Crippen molar-refractivity contribution in [1.29, 1.82) is 0 Å². The van der Waals surface area contributed by atoms with E-state index in [0.29, 0.717) is 12.3 Å². The van der Waals surface area contributed by atoms with Crippen LogP contribution >= 0.6 is 0 Å². The second kappa shape index (κ2) is 2.91. The van der Waals surface area contributed by atoms with Gasteiger partial charge in [0.1, 0.15) is 5.78 Å². The number of carbonyl (C=O) groups excluding carboxylic acids is 2. The maximum atomic E-state index is 11.5. The van der Waals surface area contributed by atoms with E-state index < -0.39 is 0 Å². The van der Waals surface area contributed by atoms with Gasteiger partial charge in [0.15, 0.2) is 0 Å². The molecule has 2 unspecified atom stereocenters. The number of Topliss-reactive ketones (excluding diaryl/α,β-unsaturated/α-hetero) is 1. The molecule has 0 spiro atoms. The number of hydrogen-bond donors (Lipinski definition) is 0. The molecule has 1 aliphatic heterocycles. The van der Waals surface area contributed by atoms with E-state index in [0.717, 1.165) is 12.1 Å². The van der Waals surface area contributed by atoms with Gasteiger partial charge in [-0.15, -0.1) is 0 Å². The van der Waals surface area contributed by atoms with Crippen LogP contribution in [-0.2, 0) is 9.59 Å². The molecule has 0 radical (unpaired) electrons. The van der Waals surface area contributed by atoms with Gasteiger partial charge in [0, 0.05) is 18.2 Å². The molecule has 0 aromatic heterocycles. The fraction of sp³-hybridized carbons (Fsp3) is 0.500. The Balaban J connectivity index is 2.30. The van der Waals surface area contributed by atoms with Crippen molar-refractivity contribution in [2.24, 2.45) is 16.8 Å². The van der Waals surface area contributed by atoms with Crippen molar-refractivity contribution in [2.75, 3.05) is 0 Å². The summed E-state index contributed by atoms with van der Waals surface area (Å²) in [5.41, 5.74) is 0.760. The standard InChI is InChI=1S/C10H11NO2/c1-6-4-8-7(9(12)5-6)2-3-10(13)11-8/h2-3,6-7H,4-5H2,1H3. The quantitative estimate of drug-likeness (QED) is 0.557. The lowest BCUT2D eigenvalue weighted by Gasteiger charge is -2.26. The minimum Gasteiger partial charge on any atom is -0.299 e. The van der Waals surface area contributed by atoms with E-state index in [-0.39, 0.29) is 17.6 Å². The fourth-order valence-corrected chi connectivity index (χ4v) is 1.90. The number of aliphatic imine (C=N–C) groups is 1. The number of ketones is 1. The monoisotopic (exact) mass is 177 g/mol. The van der Waals surface area contributed by atoms with Crippen LogP contribution in [0.15, 0.2) is 17.1 Å². The Bertz CT molecular complexity index is 328. The Hall–Kier alpha value is -1.25. The number of allylic oxidation sites excluding steroid dienone is 1. The topological polar surface area (TPSA) is 46.5 Å². The molecule has 1 amide bonds. The molecule has 13 heavy (non-hydrogen) atoms. The first-order valence-corrected chi connectivity index (χ1v) is 4.49. The lowest BCUT2D eigenvalue weighted by molar-refractivity contribution is -0.121. The smallest absolute Gasteiger partial charge is 0.269 e. The van der Waals surface area contributed by atoms with E-state index in [4.69, 9.17) is 0 Å². The van der Waals surface area contributed by atoms with Gasteiger partial charge in [-0.1, -0.05) is 13.0 Å². The third kappa shape index (κ3) is 1.46. The van der Waals surface area contributed by atoms with Crippen LogP contribution in [0, 0.1) is 11.8 Å². The normalized spacial score (nSPS) is 32.8. The van der Waals surface area contributed by atoms with Crippen molar-refractivity contribution in [3.8, 4) is 0 Å². The Morgan fingerprint density at radius 3 is 2.92 bits per heavy atom. The minimum absolute atomic E-state index is 0.196. The summed E-state index contributed by atoms with van der Waals surface area (Å²) in [5, 5.41) is 0. The Kier molecular flexibility index (Phi) is 1.87.